The van der Waals surface area contributed by atoms with Crippen LogP contribution in [-0.4, -0.2) is 38.3 Å². The number of aliphatic hydroxyl groups excluding tert-OH is 1. The van der Waals surface area contributed by atoms with Crippen molar-refractivity contribution in [2.24, 2.45) is 5.14 Å². The molecule has 0 bridgehead atoms. The highest BCUT2D eigenvalue weighted by Crippen LogP contribution is 2.09. The first kappa shape index (κ1) is 16.2. The molecular weight excluding hydrogens is 280 g/mol. The summed E-state index contributed by atoms with van der Waals surface area (Å²) in [5.41, 5.74) is 1.82. The summed E-state index contributed by atoms with van der Waals surface area (Å²) in [7, 11) is -3.60. The topological polar surface area (TPSA) is 109 Å². The van der Waals surface area contributed by atoms with Crippen molar-refractivity contribution in [3.8, 4) is 11.8 Å². The highest BCUT2D eigenvalue weighted by molar-refractivity contribution is 7.89. The van der Waals surface area contributed by atoms with Crippen LogP contribution >= 0.6 is 0 Å². The van der Waals surface area contributed by atoms with Crippen molar-refractivity contribution in [1.29, 1.82) is 0 Å². The molecule has 0 saturated heterocycles. The molecule has 0 radical (unpaired) electrons. The molecule has 1 rings (SSSR count). The van der Waals surface area contributed by atoms with Crippen LogP contribution in [0, 0.1) is 18.8 Å². The van der Waals surface area contributed by atoms with Crippen molar-refractivity contribution >= 4 is 15.9 Å². The molecule has 6 nitrogen and oxygen atoms in total. The third kappa shape index (κ3) is 5.84. The summed E-state index contributed by atoms with van der Waals surface area (Å²) in [4.78, 5) is 11.9. The van der Waals surface area contributed by atoms with E-state index in [-0.39, 0.29) is 18.9 Å². The lowest BCUT2D eigenvalue weighted by Crippen LogP contribution is -2.31. The molecule has 0 spiro atoms. The minimum atomic E-state index is -3.60. The second-order valence-electron chi connectivity index (χ2n) is 4.17. The van der Waals surface area contributed by atoms with E-state index in [1.165, 1.54) is 0 Å². The van der Waals surface area contributed by atoms with Gasteiger partial charge in [0.1, 0.15) is 6.61 Å². The maximum absolute atomic E-state index is 11.9. The SMILES string of the molecule is Cc1cc(C#CCO)cc(C(=O)NCCS(N)(=O)=O)c1. The molecule has 0 fully saturated rings. The Bertz CT molecular complexity index is 657. The summed E-state index contributed by atoms with van der Waals surface area (Å²) in [5, 5.41) is 16.0. The van der Waals surface area contributed by atoms with E-state index in [0.29, 0.717) is 11.1 Å². The van der Waals surface area contributed by atoms with E-state index in [1.807, 2.05) is 6.92 Å². The van der Waals surface area contributed by atoms with Crippen LogP contribution in [0.4, 0.5) is 0 Å². The minimum Gasteiger partial charge on any atom is -0.384 e. The fraction of sp³-hybridized carbons (Fsp3) is 0.308. The van der Waals surface area contributed by atoms with Crippen LogP contribution in [-0.2, 0) is 10.0 Å². The lowest BCUT2D eigenvalue weighted by Gasteiger charge is -2.06. The van der Waals surface area contributed by atoms with Crippen LogP contribution < -0.4 is 10.5 Å². The van der Waals surface area contributed by atoms with Gasteiger partial charge in [-0.1, -0.05) is 11.8 Å². The first-order valence-electron chi connectivity index (χ1n) is 5.82. The molecule has 0 heterocycles. The number of carbonyl (C=O) groups excluding carboxylic acids is 1. The molecule has 0 aromatic heterocycles. The van der Waals surface area contributed by atoms with E-state index in [4.69, 9.17) is 10.2 Å². The molecule has 20 heavy (non-hydrogen) atoms. The number of nitrogens with one attached hydrogen (secondary N) is 1. The number of sulfonamides is 1. The second kappa shape index (κ2) is 7.05. The lowest BCUT2D eigenvalue weighted by molar-refractivity contribution is 0.0956. The fourth-order valence-corrected chi connectivity index (χ4v) is 1.92. The molecule has 4 N–H and O–H groups in total. The van der Waals surface area contributed by atoms with Gasteiger partial charge in [-0.2, -0.15) is 0 Å². The Morgan fingerprint density at radius 1 is 1.40 bits per heavy atom. The Hall–Kier alpha value is -1.88. The molecule has 7 heteroatoms. The number of aryl methyl sites for hydroxylation is 1. The van der Waals surface area contributed by atoms with Gasteiger partial charge in [0, 0.05) is 17.7 Å². The summed E-state index contributed by atoms with van der Waals surface area (Å²) < 4.78 is 21.5. The predicted molar refractivity (Wildman–Crippen MR) is 75.5 cm³/mol. The van der Waals surface area contributed by atoms with Gasteiger partial charge in [-0.05, 0) is 30.7 Å². The summed E-state index contributed by atoms with van der Waals surface area (Å²) in [6, 6.07) is 5.02. The van der Waals surface area contributed by atoms with Crippen LogP contribution in [0.2, 0.25) is 0 Å². The Morgan fingerprint density at radius 2 is 2.10 bits per heavy atom. The molecule has 0 saturated carbocycles. The molecule has 0 aliphatic carbocycles. The number of benzene rings is 1. The van der Waals surface area contributed by atoms with E-state index in [2.05, 4.69) is 17.2 Å². The normalized spacial score (nSPS) is 10.6. The first-order chi connectivity index (χ1) is 9.31. The van der Waals surface area contributed by atoms with E-state index < -0.39 is 15.9 Å². The number of rotatable bonds is 4. The maximum atomic E-state index is 11.9. The van der Waals surface area contributed by atoms with Gasteiger partial charge in [-0.3, -0.25) is 4.79 Å². The van der Waals surface area contributed by atoms with Crippen LogP contribution in [0.5, 0.6) is 0 Å². The molecular formula is C13H16N2O4S. The zero-order valence-electron chi connectivity index (χ0n) is 11.0. The van der Waals surface area contributed by atoms with E-state index in [1.54, 1.807) is 18.2 Å². The zero-order valence-corrected chi connectivity index (χ0v) is 11.8. The van der Waals surface area contributed by atoms with E-state index in [9.17, 15) is 13.2 Å². The summed E-state index contributed by atoms with van der Waals surface area (Å²) in [6.45, 7) is 1.50. The van der Waals surface area contributed by atoms with Crippen LogP contribution in [0.15, 0.2) is 18.2 Å². The fourth-order valence-electron chi connectivity index (χ4n) is 1.54. The molecule has 0 atom stereocenters. The van der Waals surface area contributed by atoms with Crippen molar-refractivity contribution in [3.63, 3.8) is 0 Å². The predicted octanol–water partition coefficient (Wildman–Crippen LogP) is -0.643. The van der Waals surface area contributed by atoms with Crippen molar-refractivity contribution in [2.75, 3.05) is 18.9 Å². The van der Waals surface area contributed by atoms with Gasteiger partial charge in [-0.25, -0.2) is 13.6 Å². The highest BCUT2D eigenvalue weighted by atomic mass is 32.2. The third-order valence-corrected chi connectivity index (χ3v) is 3.10. The van der Waals surface area contributed by atoms with Gasteiger partial charge < -0.3 is 10.4 Å². The summed E-state index contributed by atoms with van der Waals surface area (Å²) in [5.74, 6) is 4.50. The van der Waals surface area contributed by atoms with Crippen molar-refractivity contribution in [3.05, 3.63) is 34.9 Å². The number of carbonyl (C=O) groups is 1. The van der Waals surface area contributed by atoms with Gasteiger partial charge in [0.05, 0.1) is 5.75 Å². The quantitative estimate of drug-likeness (QED) is 0.642. The average Bonchev–Trinajstić information content (AvgIpc) is 2.34. The Morgan fingerprint density at radius 3 is 2.70 bits per heavy atom. The van der Waals surface area contributed by atoms with Gasteiger partial charge in [0.15, 0.2) is 0 Å². The number of nitrogens with two attached hydrogens (primary N) is 1. The Kier molecular flexibility index (Phi) is 5.70. The number of aliphatic hydroxyl groups is 1. The molecule has 1 aromatic rings. The maximum Gasteiger partial charge on any atom is 0.251 e. The summed E-state index contributed by atoms with van der Waals surface area (Å²) in [6.07, 6.45) is 0. The van der Waals surface area contributed by atoms with Crippen LogP contribution in [0.25, 0.3) is 0 Å². The second-order valence-corrected chi connectivity index (χ2v) is 5.90. The number of hydrogen-bond acceptors (Lipinski definition) is 4. The largest absolute Gasteiger partial charge is 0.384 e. The molecule has 108 valence electrons. The Balaban J connectivity index is 2.80. The van der Waals surface area contributed by atoms with Crippen LogP contribution in [0.3, 0.4) is 0 Å². The molecule has 0 aliphatic heterocycles. The van der Waals surface area contributed by atoms with Gasteiger partial charge in [-0.15, -0.1) is 0 Å². The summed E-state index contributed by atoms with van der Waals surface area (Å²) >= 11 is 0. The third-order valence-electron chi connectivity index (χ3n) is 2.32. The standard InChI is InChI=1S/C13H16N2O4S/c1-10-7-11(3-2-5-16)9-12(8-10)13(17)15-4-6-20(14,18)19/h7-9,16H,4-6H2,1H3,(H,15,17)(H2,14,18,19). The van der Waals surface area contributed by atoms with Crippen molar-refractivity contribution in [1.82, 2.24) is 5.32 Å². The van der Waals surface area contributed by atoms with E-state index >= 15 is 0 Å². The number of primary sulfonamides is 1. The molecule has 1 aromatic carbocycles. The first-order valence-corrected chi connectivity index (χ1v) is 7.53. The van der Waals surface area contributed by atoms with Crippen LogP contribution in [0.1, 0.15) is 21.5 Å². The number of amides is 1. The highest BCUT2D eigenvalue weighted by Gasteiger charge is 2.08. The van der Waals surface area contributed by atoms with Gasteiger partial charge in [0.2, 0.25) is 10.0 Å². The number of hydrogen-bond donors (Lipinski definition) is 3. The minimum absolute atomic E-state index is 0.0523. The Labute approximate surface area is 118 Å². The van der Waals surface area contributed by atoms with Crippen molar-refractivity contribution < 1.29 is 18.3 Å². The smallest absolute Gasteiger partial charge is 0.251 e. The monoisotopic (exact) mass is 296 g/mol. The zero-order chi connectivity index (χ0) is 15.2. The average molecular weight is 296 g/mol. The van der Waals surface area contributed by atoms with E-state index in [0.717, 1.165) is 5.56 Å². The molecule has 0 unspecified atom stereocenters. The molecule has 0 aliphatic rings. The van der Waals surface area contributed by atoms with Crippen molar-refractivity contribution in [2.45, 2.75) is 6.92 Å². The van der Waals surface area contributed by atoms with Gasteiger partial charge >= 0.3 is 0 Å². The molecule has 1 amide bonds. The lowest BCUT2D eigenvalue weighted by atomic mass is 10.1. The van der Waals surface area contributed by atoms with Gasteiger partial charge in [0.25, 0.3) is 5.91 Å².